The molecule has 0 radical (unpaired) electrons. The fraction of sp³-hybridized carbons (Fsp3) is 0.333. The van der Waals surface area contributed by atoms with Gasteiger partial charge < -0.3 is 0 Å². The first kappa shape index (κ1) is 13.8. The third kappa shape index (κ3) is 3.13. The summed E-state index contributed by atoms with van der Waals surface area (Å²) in [6.07, 6.45) is 4.43. The van der Waals surface area contributed by atoms with Gasteiger partial charge in [-0.1, -0.05) is 43.3 Å². The van der Waals surface area contributed by atoms with Crippen LogP contribution in [-0.4, -0.2) is 11.6 Å². The zero-order valence-corrected chi connectivity index (χ0v) is 12.3. The molecule has 2 aromatic rings. The van der Waals surface area contributed by atoms with E-state index < -0.39 is 0 Å². The van der Waals surface area contributed by atoms with E-state index in [9.17, 15) is 4.79 Å². The van der Waals surface area contributed by atoms with E-state index in [-0.39, 0.29) is 5.91 Å². The highest BCUT2D eigenvalue weighted by atomic mass is 16.2. The number of rotatable bonds is 2. The molecule has 0 spiro atoms. The third-order valence-electron chi connectivity index (χ3n) is 4.10. The van der Waals surface area contributed by atoms with Crippen LogP contribution < -0.4 is 5.43 Å². The summed E-state index contributed by atoms with van der Waals surface area (Å²) >= 11 is 0. The average molecular weight is 280 g/mol. The predicted octanol–water partition coefficient (Wildman–Crippen LogP) is 4.14. The second kappa shape index (κ2) is 6.08. The number of benzene rings is 2. The number of hydrogen-bond donors (Lipinski definition) is 1. The van der Waals surface area contributed by atoms with E-state index in [1.165, 1.54) is 12.8 Å². The van der Waals surface area contributed by atoms with Gasteiger partial charge in [0, 0.05) is 11.3 Å². The zero-order valence-electron chi connectivity index (χ0n) is 12.3. The first-order valence-electron chi connectivity index (χ1n) is 7.57. The highest BCUT2D eigenvalue weighted by Crippen LogP contribution is 2.21. The molecule has 2 aromatic carbocycles. The van der Waals surface area contributed by atoms with Crippen molar-refractivity contribution in [2.24, 2.45) is 11.0 Å². The Morgan fingerprint density at radius 3 is 2.86 bits per heavy atom. The van der Waals surface area contributed by atoms with Gasteiger partial charge in [0.05, 0.1) is 0 Å². The van der Waals surface area contributed by atoms with Crippen molar-refractivity contribution in [3.63, 3.8) is 0 Å². The molecule has 1 fully saturated rings. The average Bonchev–Trinajstić information content (AvgIpc) is 2.52. The number of hydrogen-bond acceptors (Lipinski definition) is 2. The molecule has 21 heavy (non-hydrogen) atoms. The number of fused-ring (bicyclic) bond motifs is 1. The second-order valence-corrected chi connectivity index (χ2v) is 5.85. The number of nitrogens with zero attached hydrogens (tertiary/aromatic N) is 1. The van der Waals surface area contributed by atoms with E-state index in [1.807, 2.05) is 42.5 Å². The minimum Gasteiger partial charge on any atom is -0.267 e. The van der Waals surface area contributed by atoms with Crippen LogP contribution in [0, 0.1) is 5.92 Å². The molecule has 0 saturated heterocycles. The van der Waals surface area contributed by atoms with Crippen molar-refractivity contribution >= 4 is 22.4 Å². The SMILES string of the molecule is CC1CCC/C(=N\NC(=O)c2cccc3ccccc23)C1. The summed E-state index contributed by atoms with van der Waals surface area (Å²) in [5, 5.41) is 6.37. The van der Waals surface area contributed by atoms with Crippen LogP contribution in [0.1, 0.15) is 43.0 Å². The second-order valence-electron chi connectivity index (χ2n) is 5.85. The van der Waals surface area contributed by atoms with Crippen LogP contribution in [0.15, 0.2) is 47.6 Å². The summed E-state index contributed by atoms with van der Waals surface area (Å²) in [6, 6.07) is 13.7. The van der Waals surface area contributed by atoms with Gasteiger partial charge in [0.25, 0.3) is 5.91 Å². The van der Waals surface area contributed by atoms with Crippen LogP contribution in [0.4, 0.5) is 0 Å². The van der Waals surface area contributed by atoms with Crippen LogP contribution >= 0.6 is 0 Å². The fourth-order valence-corrected chi connectivity index (χ4v) is 2.98. The summed E-state index contributed by atoms with van der Waals surface area (Å²) in [6.45, 7) is 2.24. The molecular weight excluding hydrogens is 260 g/mol. The number of carbonyl (C=O) groups excluding carboxylic acids is 1. The minimum atomic E-state index is -0.127. The van der Waals surface area contributed by atoms with Crippen LogP contribution in [0.3, 0.4) is 0 Å². The van der Waals surface area contributed by atoms with Gasteiger partial charge in [0.15, 0.2) is 0 Å². The van der Waals surface area contributed by atoms with Crippen molar-refractivity contribution in [1.29, 1.82) is 0 Å². The quantitative estimate of drug-likeness (QED) is 0.825. The van der Waals surface area contributed by atoms with Crippen molar-refractivity contribution in [1.82, 2.24) is 5.43 Å². The largest absolute Gasteiger partial charge is 0.271 e. The maximum atomic E-state index is 12.4. The Balaban J connectivity index is 1.80. The van der Waals surface area contributed by atoms with Gasteiger partial charge in [0.1, 0.15) is 0 Å². The minimum absolute atomic E-state index is 0.127. The molecule has 1 atom stereocenters. The lowest BCUT2D eigenvalue weighted by molar-refractivity contribution is 0.0956. The lowest BCUT2D eigenvalue weighted by Crippen LogP contribution is -2.22. The molecule has 3 rings (SSSR count). The maximum absolute atomic E-state index is 12.4. The van der Waals surface area contributed by atoms with Gasteiger partial charge >= 0.3 is 0 Å². The maximum Gasteiger partial charge on any atom is 0.271 e. The van der Waals surface area contributed by atoms with E-state index in [4.69, 9.17) is 0 Å². The molecule has 108 valence electrons. The molecule has 0 aliphatic heterocycles. The smallest absolute Gasteiger partial charge is 0.267 e. The van der Waals surface area contributed by atoms with E-state index in [0.29, 0.717) is 11.5 Å². The molecule has 3 heteroatoms. The molecule has 0 aromatic heterocycles. The fourth-order valence-electron chi connectivity index (χ4n) is 2.98. The van der Waals surface area contributed by atoms with E-state index in [0.717, 1.165) is 29.3 Å². The Hall–Kier alpha value is -2.16. The normalized spacial score (nSPS) is 20.6. The molecule has 1 N–H and O–H groups in total. The first-order valence-corrected chi connectivity index (χ1v) is 7.57. The molecular formula is C18H20N2O. The van der Waals surface area contributed by atoms with Crippen LogP contribution in [0.5, 0.6) is 0 Å². The summed E-state index contributed by atoms with van der Waals surface area (Å²) in [7, 11) is 0. The molecule has 0 bridgehead atoms. The Kier molecular flexibility index (Phi) is 4.00. The van der Waals surface area contributed by atoms with Crippen molar-refractivity contribution in [2.45, 2.75) is 32.6 Å². The summed E-state index contributed by atoms with van der Waals surface area (Å²) in [5.74, 6) is 0.546. The van der Waals surface area contributed by atoms with Crippen LogP contribution in [0.2, 0.25) is 0 Å². The van der Waals surface area contributed by atoms with Gasteiger partial charge in [-0.2, -0.15) is 5.10 Å². The zero-order chi connectivity index (χ0) is 14.7. The van der Waals surface area contributed by atoms with Gasteiger partial charge in [0.2, 0.25) is 0 Å². The molecule has 1 aliphatic rings. The van der Waals surface area contributed by atoms with Crippen molar-refractivity contribution in [2.75, 3.05) is 0 Å². The topological polar surface area (TPSA) is 41.5 Å². The van der Waals surface area contributed by atoms with Gasteiger partial charge in [-0.3, -0.25) is 4.79 Å². The predicted molar refractivity (Wildman–Crippen MR) is 86.5 cm³/mol. The highest BCUT2D eigenvalue weighted by molar-refractivity contribution is 6.07. The summed E-state index contributed by atoms with van der Waals surface area (Å²) < 4.78 is 0. The van der Waals surface area contributed by atoms with Crippen LogP contribution in [-0.2, 0) is 0 Å². The van der Waals surface area contributed by atoms with Gasteiger partial charge in [-0.25, -0.2) is 5.43 Å². The van der Waals surface area contributed by atoms with Gasteiger partial charge in [-0.05, 0) is 48.4 Å². The Morgan fingerprint density at radius 1 is 1.19 bits per heavy atom. The summed E-state index contributed by atoms with van der Waals surface area (Å²) in [4.78, 5) is 12.4. The standard InChI is InChI=1S/C18H20N2O/c1-13-6-4-9-15(12-13)19-20-18(21)17-11-5-8-14-7-2-3-10-16(14)17/h2-3,5,7-8,10-11,13H,4,6,9,12H2,1H3,(H,20,21)/b19-15+. The third-order valence-corrected chi connectivity index (χ3v) is 4.10. The monoisotopic (exact) mass is 280 g/mol. The van der Waals surface area contributed by atoms with Gasteiger partial charge in [-0.15, -0.1) is 0 Å². The van der Waals surface area contributed by atoms with Crippen molar-refractivity contribution < 1.29 is 4.79 Å². The number of amides is 1. The molecule has 1 aliphatic carbocycles. The number of hydrazone groups is 1. The number of carbonyl (C=O) groups is 1. The van der Waals surface area contributed by atoms with Crippen molar-refractivity contribution in [3.05, 3.63) is 48.0 Å². The van der Waals surface area contributed by atoms with Crippen LogP contribution in [0.25, 0.3) is 10.8 Å². The van der Waals surface area contributed by atoms with E-state index in [2.05, 4.69) is 17.5 Å². The summed E-state index contributed by atoms with van der Waals surface area (Å²) in [5.41, 5.74) is 4.53. The molecule has 1 amide bonds. The Morgan fingerprint density at radius 2 is 2.00 bits per heavy atom. The molecule has 0 heterocycles. The Labute approximate surface area is 125 Å². The van der Waals surface area contributed by atoms with Crippen molar-refractivity contribution in [3.8, 4) is 0 Å². The molecule has 1 saturated carbocycles. The number of nitrogens with one attached hydrogen (secondary N) is 1. The van der Waals surface area contributed by atoms with E-state index >= 15 is 0 Å². The first-order chi connectivity index (χ1) is 10.2. The van der Waals surface area contributed by atoms with E-state index in [1.54, 1.807) is 0 Å². The highest BCUT2D eigenvalue weighted by Gasteiger charge is 2.15. The lowest BCUT2D eigenvalue weighted by Gasteiger charge is -2.19. The Bertz CT molecular complexity index is 685. The molecule has 3 nitrogen and oxygen atoms in total. The molecule has 1 unspecified atom stereocenters. The lowest BCUT2D eigenvalue weighted by atomic mass is 9.89.